The molecule has 3 nitrogen and oxygen atoms in total. The van der Waals surface area contributed by atoms with Crippen LogP contribution in [-0.4, -0.2) is 18.8 Å². The third kappa shape index (κ3) is 3.01. The molecule has 1 aromatic heterocycles. The standard InChI is InChI=1S/C10H14Cl5N3/c1-5(2)7-8(9(11,12)10(13,14)15)18(6(3)4)17-16-7/h5-6H,1-4H3. The van der Waals surface area contributed by atoms with Crippen molar-refractivity contribution in [2.75, 3.05) is 0 Å². The quantitative estimate of drug-likeness (QED) is 0.717. The summed E-state index contributed by atoms with van der Waals surface area (Å²) in [5, 5.41) is 8.12. The second-order valence-electron chi connectivity index (χ2n) is 4.59. The van der Waals surface area contributed by atoms with E-state index in [1.165, 1.54) is 0 Å². The molecule has 8 heteroatoms. The average Bonchev–Trinajstić information content (AvgIpc) is 2.59. The van der Waals surface area contributed by atoms with Crippen molar-refractivity contribution >= 4 is 58.0 Å². The number of halogens is 5. The smallest absolute Gasteiger partial charge is 0.228 e. The van der Waals surface area contributed by atoms with Crippen molar-refractivity contribution in [2.45, 2.75) is 47.8 Å². The molecule has 0 atom stereocenters. The van der Waals surface area contributed by atoms with E-state index in [1.54, 1.807) is 4.68 Å². The van der Waals surface area contributed by atoms with Crippen LogP contribution >= 0.6 is 58.0 Å². The zero-order valence-electron chi connectivity index (χ0n) is 10.4. The molecule has 0 aliphatic carbocycles. The van der Waals surface area contributed by atoms with Gasteiger partial charge in [0.2, 0.25) is 8.13 Å². The third-order valence-electron chi connectivity index (χ3n) is 2.41. The van der Waals surface area contributed by atoms with Crippen molar-refractivity contribution in [3.63, 3.8) is 0 Å². The fourth-order valence-corrected chi connectivity index (χ4v) is 2.13. The molecule has 0 aliphatic heterocycles. The Balaban J connectivity index is 3.50. The molecule has 1 aromatic rings. The van der Waals surface area contributed by atoms with Gasteiger partial charge in [-0.2, -0.15) is 0 Å². The topological polar surface area (TPSA) is 30.7 Å². The van der Waals surface area contributed by atoms with Gasteiger partial charge in [0.1, 0.15) is 5.69 Å². The highest BCUT2D eigenvalue weighted by atomic mass is 35.6. The maximum Gasteiger partial charge on any atom is 0.228 e. The Hall–Kier alpha value is 0.590. The lowest BCUT2D eigenvalue weighted by atomic mass is 10.1. The lowest BCUT2D eigenvalue weighted by Crippen LogP contribution is -2.33. The Morgan fingerprint density at radius 1 is 1.00 bits per heavy atom. The summed E-state index contributed by atoms with van der Waals surface area (Å²) >= 11 is 30.1. The van der Waals surface area contributed by atoms with E-state index in [2.05, 4.69) is 10.3 Å². The van der Waals surface area contributed by atoms with Gasteiger partial charge in [-0.25, -0.2) is 4.68 Å². The molecule has 104 valence electrons. The molecule has 0 aromatic carbocycles. The molecule has 0 saturated heterocycles. The van der Waals surface area contributed by atoms with Crippen LogP contribution in [0.25, 0.3) is 0 Å². The maximum absolute atomic E-state index is 6.25. The number of hydrogen-bond donors (Lipinski definition) is 0. The molecule has 0 saturated carbocycles. The van der Waals surface area contributed by atoms with Crippen molar-refractivity contribution < 1.29 is 0 Å². The van der Waals surface area contributed by atoms with Gasteiger partial charge < -0.3 is 0 Å². The van der Waals surface area contributed by atoms with Crippen LogP contribution in [0.3, 0.4) is 0 Å². The maximum atomic E-state index is 6.25. The van der Waals surface area contributed by atoms with Gasteiger partial charge in [0.25, 0.3) is 0 Å². The SMILES string of the molecule is CC(C)c1nnn(C(C)C)c1C(Cl)(Cl)C(Cl)(Cl)Cl. The summed E-state index contributed by atoms with van der Waals surface area (Å²) < 4.78 is -2.02. The van der Waals surface area contributed by atoms with E-state index in [0.29, 0.717) is 11.4 Å². The fourth-order valence-electron chi connectivity index (χ4n) is 1.50. The molecule has 0 fully saturated rings. The molecule has 0 aliphatic rings. The van der Waals surface area contributed by atoms with E-state index in [9.17, 15) is 0 Å². The minimum Gasteiger partial charge on any atom is -0.243 e. The van der Waals surface area contributed by atoms with Gasteiger partial charge in [-0.15, -0.1) is 5.10 Å². The van der Waals surface area contributed by atoms with Crippen LogP contribution in [0, 0.1) is 0 Å². The van der Waals surface area contributed by atoms with Crippen LogP contribution in [-0.2, 0) is 4.33 Å². The molecule has 1 rings (SSSR count). The number of nitrogens with zero attached hydrogens (tertiary/aromatic N) is 3. The molecule has 0 spiro atoms. The lowest BCUT2D eigenvalue weighted by Gasteiger charge is -2.29. The minimum atomic E-state index is -1.88. The fraction of sp³-hybridized carbons (Fsp3) is 0.800. The van der Waals surface area contributed by atoms with Crippen LogP contribution in [0.1, 0.15) is 51.0 Å². The van der Waals surface area contributed by atoms with Crippen molar-refractivity contribution in [1.29, 1.82) is 0 Å². The largest absolute Gasteiger partial charge is 0.243 e. The summed E-state index contributed by atoms with van der Waals surface area (Å²) in [4.78, 5) is 0. The summed E-state index contributed by atoms with van der Waals surface area (Å²) in [6.07, 6.45) is 0. The van der Waals surface area contributed by atoms with Gasteiger partial charge in [0.05, 0.1) is 5.69 Å². The lowest BCUT2D eigenvalue weighted by molar-refractivity contribution is 0.484. The van der Waals surface area contributed by atoms with Crippen molar-refractivity contribution in [3.05, 3.63) is 11.4 Å². The molecule has 18 heavy (non-hydrogen) atoms. The highest BCUT2D eigenvalue weighted by molar-refractivity contribution is 6.75. The zero-order valence-corrected chi connectivity index (χ0v) is 14.2. The Morgan fingerprint density at radius 3 is 1.83 bits per heavy atom. The minimum absolute atomic E-state index is 0.00391. The van der Waals surface area contributed by atoms with E-state index in [-0.39, 0.29) is 12.0 Å². The van der Waals surface area contributed by atoms with Crippen LogP contribution in [0.4, 0.5) is 0 Å². The predicted octanol–water partition coefficient (Wildman–Crippen LogP) is 4.98. The van der Waals surface area contributed by atoms with Gasteiger partial charge in [-0.3, -0.25) is 0 Å². The summed E-state index contributed by atoms with van der Waals surface area (Å²) in [6.45, 7) is 7.73. The molecule has 0 N–H and O–H groups in total. The van der Waals surface area contributed by atoms with Gasteiger partial charge in [0.15, 0.2) is 0 Å². The van der Waals surface area contributed by atoms with Crippen molar-refractivity contribution in [3.8, 4) is 0 Å². The van der Waals surface area contributed by atoms with E-state index < -0.39 is 8.13 Å². The first-order chi connectivity index (χ1) is 8.00. The normalized spacial score (nSPS) is 13.7. The molecule has 0 radical (unpaired) electrons. The van der Waals surface area contributed by atoms with Gasteiger partial charge in [-0.05, 0) is 19.8 Å². The average molecular weight is 354 g/mol. The van der Waals surface area contributed by atoms with Crippen LogP contribution in [0.2, 0.25) is 0 Å². The van der Waals surface area contributed by atoms with E-state index in [4.69, 9.17) is 58.0 Å². The second kappa shape index (κ2) is 5.53. The first-order valence-electron chi connectivity index (χ1n) is 5.40. The number of aromatic nitrogens is 3. The number of rotatable bonds is 3. The van der Waals surface area contributed by atoms with Crippen LogP contribution < -0.4 is 0 Å². The Bertz CT molecular complexity index is 394. The van der Waals surface area contributed by atoms with Crippen molar-refractivity contribution in [2.24, 2.45) is 0 Å². The monoisotopic (exact) mass is 351 g/mol. The van der Waals surface area contributed by atoms with E-state index in [0.717, 1.165) is 0 Å². The van der Waals surface area contributed by atoms with Crippen LogP contribution in [0.15, 0.2) is 0 Å². The summed E-state index contributed by atoms with van der Waals surface area (Å²) in [5.74, 6) is 0.0664. The summed E-state index contributed by atoms with van der Waals surface area (Å²) in [6, 6.07) is 0.00391. The Morgan fingerprint density at radius 2 is 1.50 bits per heavy atom. The highest BCUT2D eigenvalue weighted by Gasteiger charge is 2.51. The molecule has 0 amide bonds. The molecule has 1 heterocycles. The molecular weight excluding hydrogens is 339 g/mol. The van der Waals surface area contributed by atoms with E-state index in [1.807, 2.05) is 27.7 Å². The highest BCUT2D eigenvalue weighted by Crippen LogP contribution is 2.54. The number of alkyl halides is 5. The molecule has 0 bridgehead atoms. The number of hydrogen-bond acceptors (Lipinski definition) is 2. The van der Waals surface area contributed by atoms with Gasteiger partial charge in [0, 0.05) is 6.04 Å². The van der Waals surface area contributed by atoms with Gasteiger partial charge in [-0.1, -0.05) is 77.1 Å². The van der Waals surface area contributed by atoms with Gasteiger partial charge >= 0.3 is 0 Å². The third-order valence-corrected chi connectivity index (χ3v) is 4.77. The first kappa shape index (κ1) is 16.6. The first-order valence-corrected chi connectivity index (χ1v) is 7.29. The molecular formula is C10H14Cl5N3. The molecule has 0 unspecified atom stereocenters. The Labute approximate surface area is 132 Å². The summed E-state index contributed by atoms with van der Waals surface area (Å²) in [5.41, 5.74) is 1.05. The second-order valence-corrected chi connectivity index (χ2v) is 8.20. The Kier molecular flexibility index (Phi) is 5.11. The van der Waals surface area contributed by atoms with E-state index >= 15 is 0 Å². The van der Waals surface area contributed by atoms with Crippen LogP contribution in [0.5, 0.6) is 0 Å². The van der Waals surface area contributed by atoms with Crippen molar-refractivity contribution in [1.82, 2.24) is 15.0 Å². The predicted molar refractivity (Wildman–Crippen MR) is 78.2 cm³/mol. The zero-order chi connectivity index (χ0) is 14.3. The summed E-state index contributed by atoms with van der Waals surface area (Å²) in [7, 11) is 0.